The summed E-state index contributed by atoms with van der Waals surface area (Å²) in [5, 5.41) is 17.8. The van der Waals surface area contributed by atoms with Gasteiger partial charge in [0.1, 0.15) is 6.10 Å². The van der Waals surface area contributed by atoms with Crippen molar-refractivity contribution < 1.29 is 10.2 Å². The fourth-order valence-corrected chi connectivity index (χ4v) is 0.429. The number of rotatable bonds is 2. The Kier molecular flexibility index (Phi) is 4.88. The molecule has 2 atom stereocenters. The average Bonchev–Trinajstić information content (AvgIpc) is 1.86. The first kappa shape index (κ1) is 10.4. The Morgan fingerprint density at radius 3 is 2.27 bits per heavy atom. The minimum Gasteiger partial charge on any atom is -0.390 e. The summed E-state index contributed by atoms with van der Waals surface area (Å²) in [5.41, 5.74) is 0. The third-order valence-electron chi connectivity index (χ3n) is 1.10. The Morgan fingerprint density at radius 2 is 1.91 bits per heavy atom. The highest BCUT2D eigenvalue weighted by atomic mass is 16.3. The van der Waals surface area contributed by atoms with Gasteiger partial charge in [-0.1, -0.05) is 11.8 Å². The molecule has 0 aromatic rings. The number of aliphatic hydroxyl groups excluding tert-OH is 2. The number of nitrogens with zero attached hydrogens (tertiary/aromatic N) is 1. The first-order chi connectivity index (χ1) is 5.04. The van der Waals surface area contributed by atoms with Gasteiger partial charge in [0.25, 0.3) is 0 Å². The van der Waals surface area contributed by atoms with Gasteiger partial charge in [0.05, 0.1) is 12.6 Å². The molecule has 0 aromatic carbocycles. The zero-order chi connectivity index (χ0) is 8.85. The van der Waals surface area contributed by atoms with Crippen LogP contribution in [0.3, 0.4) is 0 Å². The largest absolute Gasteiger partial charge is 0.390 e. The molecule has 0 fully saturated rings. The molecule has 0 aliphatic rings. The summed E-state index contributed by atoms with van der Waals surface area (Å²) < 4.78 is 0. The summed E-state index contributed by atoms with van der Waals surface area (Å²) in [5.74, 6) is 5.26. The SMILES string of the molecule is CC(O)C(O)C#CCN(C)C. The second-order valence-electron chi connectivity index (χ2n) is 2.74. The van der Waals surface area contributed by atoms with E-state index in [4.69, 9.17) is 10.2 Å². The van der Waals surface area contributed by atoms with Crippen molar-refractivity contribution in [3.05, 3.63) is 0 Å². The molecular weight excluding hydrogens is 142 g/mol. The van der Waals surface area contributed by atoms with Crippen molar-refractivity contribution in [3.63, 3.8) is 0 Å². The number of aliphatic hydroxyl groups is 2. The summed E-state index contributed by atoms with van der Waals surface area (Å²) in [6, 6.07) is 0. The second kappa shape index (κ2) is 5.14. The topological polar surface area (TPSA) is 43.7 Å². The highest BCUT2D eigenvalue weighted by Crippen LogP contribution is 1.87. The van der Waals surface area contributed by atoms with Gasteiger partial charge in [0.15, 0.2) is 0 Å². The van der Waals surface area contributed by atoms with Crippen LogP contribution in [0.4, 0.5) is 0 Å². The molecule has 11 heavy (non-hydrogen) atoms. The molecule has 0 saturated carbocycles. The Hall–Kier alpha value is -0.560. The van der Waals surface area contributed by atoms with E-state index in [1.165, 1.54) is 6.92 Å². The molecule has 0 rings (SSSR count). The number of hydrogen-bond acceptors (Lipinski definition) is 3. The van der Waals surface area contributed by atoms with Crippen LogP contribution in [0.15, 0.2) is 0 Å². The summed E-state index contributed by atoms with van der Waals surface area (Å²) in [4.78, 5) is 1.89. The quantitative estimate of drug-likeness (QED) is 0.521. The van der Waals surface area contributed by atoms with Crippen LogP contribution in [-0.2, 0) is 0 Å². The van der Waals surface area contributed by atoms with Crippen LogP contribution >= 0.6 is 0 Å². The van der Waals surface area contributed by atoms with Gasteiger partial charge in [-0.2, -0.15) is 0 Å². The van der Waals surface area contributed by atoms with Crippen LogP contribution in [0.2, 0.25) is 0 Å². The Morgan fingerprint density at radius 1 is 1.36 bits per heavy atom. The lowest BCUT2D eigenvalue weighted by Gasteiger charge is -2.05. The van der Waals surface area contributed by atoms with Gasteiger partial charge in [0.2, 0.25) is 0 Å². The van der Waals surface area contributed by atoms with Crippen LogP contribution in [0, 0.1) is 11.8 Å². The minimum absolute atomic E-state index is 0.601. The molecule has 0 heterocycles. The first-order valence-electron chi connectivity index (χ1n) is 3.53. The van der Waals surface area contributed by atoms with E-state index in [0.29, 0.717) is 6.54 Å². The molecule has 3 nitrogen and oxygen atoms in total. The normalized spacial score (nSPS) is 15.5. The fourth-order valence-electron chi connectivity index (χ4n) is 0.429. The molecule has 2 N–H and O–H groups in total. The monoisotopic (exact) mass is 157 g/mol. The highest BCUT2D eigenvalue weighted by Gasteiger charge is 2.04. The van der Waals surface area contributed by atoms with Gasteiger partial charge in [-0.3, -0.25) is 4.90 Å². The van der Waals surface area contributed by atoms with Gasteiger partial charge in [-0.25, -0.2) is 0 Å². The molecule has 0 radical (unpaired) electrons. The fraction of sp³-hybridized carbons (Fsp3) is 0.750. The molecule has 0 aliphatic carbocycles. The average molecular weight is 157 g/mol. The predicted octanol–water partition coefficient (Wildman–Crippen LogP) is -0.707. The van der Waals surface area contributed by atoms with Crippen LogP contribution < -0.4 is 0 Å². The molecule has 3 heteroatoms. The lowest BCUT2D eigenvalue weighted by atomic mass is 10.2. The van der Waals surface area contributed by atoms with Crippen LogP contribution in [0.5, 0.6) is 0 Å². The Balaban J connectivity index is 3.69. The first-order valence-corrected chi connectivity index (χ1v) is 3.53. The molecule has 0 aromatic heterocycles. The Bertz CT molecular complexity index is 155. The van der Waals surface area contributed by atoms with Crippen molar-refractivity contribution in [1.82, 2.24) is 4.90 Å². The Labute approximate surface area is 67.6 Å². The number of hydrogen-bond donors (Lipinski definition) is 2. The van der Waals surface area contributed by atoms with E-state index in [0.717, 1.165) is 0 Å². The minimum atomic E-state index is -0.921. The molecule has 64 valence electrons. The van der Waals surface area contributed by atoms with E-state index in [9.17, 15) is 0 Å². The maximum absolute atomic E-state index is 9.00. The molecule has 0 aliphatic heterocycles. The summed E-state index contributed by atoms with van der Waals surface area (Å²) in [6.45, 7) is 2.11. The van der Waals surface area contributed by atoms with E-state index < -0.39 is 12.2 Å². The van der Waals surface area contributed by atoms with Gasteiger partial charge in [-0.05, 0) is 21.0 Å². The summed E-state index contributed by atoms with van der Waals surface area (Å²) >= 11 is 0. The van der Waals surface area contributed by atoms with Crippen LogP contribution in [-0.4, -0.2) is 48.0 Å². The summed E-state index contributed by atoms with van der Waals surface area (Å²) in [7, 11) is 3.78. The molecule has 0 bridgehead atoms. The molecule has 2 unspecified atom stereocenters. The van der Waals surface area contributed by atoms with E-state index in [1.807, 2.05) is 19.0 Å². The lowest BCUT2D eigenvalue weighted by Crippen LogP contribution is -2.20. The summed E-state index contributed by atoms with van der Waals surface area (Å²) in [6.07, 6.45) is -1.69. The van der Waals surface area contributed by atoms with Crippen molar-refractivity contribution >= 4 is 0 Å². The smallest absolute Gasteiger partial charge is 0.140 e. The highest BCUT2D eigenvalue weighted by molar-refractivity contribution is 5.07. The van der Waals surface area contributed by atoms with Crippen molar-refractivity contribution in [3.8, 4) is 11.8 Å². The zero-order valence-electron chi connectivity index (χ0n) is 7.20. The van der Waals surface area contributed by atoms with Crippen molar-refractivity contribution in [2.45, 2.75) is 19.1 Å². The molecule has 0 saturated heterocycles. The zero-order valence-corrected chi connectivity index (χ0v) is 7.20. The van der Waals surface area contributed by atoms with Gasteiger partial charge in [0, 0.05) is 0 Å². The van der Waals surface area contributed by atoms with Crippen LogP contribution in [0.1, 0.15) is 6.92 Å². The third-order valence-corrected chi connectivity index (χ3v) is 1.10. The maximum Gasteiger partial charge on any atom is 0.140 e. The van der Waals surface area contributed by atoms with Gasteiger partial charge >= 0.3 is 0 Å². The maximum atomic E-state index is 9.00. The third kappa shape index (κ3) is 5.86. The van der Waals surface area contributed by atoms with Crippen LogP contribution in [0.25, 0.3) is 0 Å². The lowest BCUT2D eigenvalue weighted by molar-refractivity contribution is 0.0677. The van der Waals surface area contributed by atoms with E-state index in [1.54, 1.807) is 0 Å². The van der Waals surface area contributed by atoms with Crippen molar-refractivity contribution in [2.24, 2.45) is 0 Å². The standard InChI is InChI=1S/C8H15NO2/c1-7(10)8(11)5-4-6-9(2)3/h7-8,10-11H,6H2,1-3H3. The van der Waals surface area contributed by atoms with Crippen molar-refractivity contribution in [2.75, 3.05) is 20.6 Å². The van der Waals surface area contributed by atoms with Gasteiger partial charge in [-0.15, -0.1) is 0 Å². The van der Waals surface area contributed by atoms with Gasteiger partial charge < -0.3 is 10.2 Å². The van der Waals surface area contributed by atoms with Crippen molar-refractivity contribution in [1.29, 1.82) is 0 Å². The van der Waals surface area contributed by atoms with E-state index >= 15 is 0 Å². The van der Waals surface area contributed by atoms with E-state index in [2.05, 4.69) is 11.8 Å². The molecular formula is C8H15NO2. The molecule has 0 spiro atoms. The van der Waals surface area contributed by atoms with E-state index in [-0.39, 0.29) is 0 Å². The predicted molar refractivity (Wildman–Crippen MR) is 44.0 cm³/mol. The molecule has 0 amide bonds. The second-order valence-corrected chi connectivity index (χ2v) is 2.74.